The summed E-state index contributed by atoms with van der Waals surface area (Å²) in [5, 5.41) is 0. The molecule has 0 unspecified atom stereocenters. The summed E-state index contributed by atoms with van der Waals surface area (Å²) in [7, 11) is 0. The lowest BCUT2D eigenvalue weighted by Crippen LogP contribution is -2.22. The summed E-state index contributed by atoms with van der Waals surface area (Å²) in [5.41, 5.74) is 4.16. The van der Waals surface area contributed by atoms with Crippen LogP contribution in [0.3, 0.4) is 0 Å². The lowest BCUT2D eigenvalue weighted by atomic mass is 10.1. The number of ketones is 1. The number of Topliss-reactive ketones (excluding diaryl/α,β-unsaturated/α-hetero) is 1. The third kappa shape index (κ3) is 4.46. The Balaban J connectivity index is 1.50. The largest absolute Gasteiger partial charge is 0.456 e. The van der Waals surface area contributed by atoms with Crippen LogP contribution in [0.15, 0.2) is 54.6 Å². The molecule has 176 valence electrons. The highest BCUT2D eigenvalue weighted by Gasteiger charge is 2.38. The zero-order valence-electron chi connectivity index (χ0n) is 18.8. The van der Waals surface area contributed by atoms with E-state index in [4.69, 9.17) is 4.74 Å². The van der Waals surface area contributed by atoms with Crippen molar-refractivity contribution in [2.45, 2.75) is 33.5 Å². The Morgan fingerprint density at radius 3 is 2.35 bits per heavy atom. The van der Waals surface area contributed by atoms with Crippen LogP contribution in [0.1, 0.15) is 33.1 Å². The van der Waals surface area contributed by atoms with E-state index in [1.165, 1.54) is 12.1 Å². The standard InChI is InChI=1S/C25H22F3N3O3/c1-15-8-10-18(11-9-15)31-16(2)12-19(17(31)3)22(32)14-34-23(33)13-30-21-7-5-4-6-20(21)29-24(30)25(26,27)28/h4-12H,13-14H2,1-3H3. The number of ether oxygens (including phenoxy) is 1. The Kier molecular flexibility index (Phi) is 6.03. The zero-order valence-corrected chi connectivity index (χ0v) is 18.8. The van der Waals surface area contributed by atoms with E-state index >= 15 is 0 Å². The van der Waals surface area contributed by atoms with Gasteiger partial charge in [0, 0.05) is 22.6 Å². The maximum Gasteiger partial charge on any atom is 0.449 e. The minimum atomic E-state index is -4.75. The van der Waals surface area contributed by atoms with Gasteiger partial charge in [0.05, 0.1) is 11.0 Å². The molecule has 9 heteroatoms. The maximum absolute atomic E-state index is 13.4. The van der Waals surface area contributed by atoms with E-state index in [1.807, 2.05) is 42.7 Å². The molecule has 4 rings (SSSR count). The Hall–Kier alpha value is -3.88. The molecule has 0 radical (unpaired) electrons. The van der Waals surface area contributed by atoms with Crippen molar-refractivity contribution in [2.24, 2.45) is 0 Å². The summed E-state index contributed by atoms with van der Waals surface area (Å²) in [6.07, 6.45) is -4.75. The van der Waals surface area contributed by atoms with Crippen LogP contribution in [-0.2, 0) is 22.3 Å². The van der Waals surface area contributed by atoms with Gasteiger partial charge in [0.15, 0.2) is 6.61 Å². The van der Waals surface area contributed by atoms with Crippen molar-refractivity contribution < 1.29 is 27.5 Å². The number of alkyl halides is 3. The van der Waals surface area contributed by atoms with E-state index in [1.54, 1.807) is 25.1 Å². The number of hydrogen-bond donors (Lipinski definition) is 0. The molecule has 0 fully saturated rings. The summed E-state index contributed by atoms with van der Waals surface area (Å²) in [5.74, 6) is -2.60. The number of benzene rings is 2. The topological polar surface area (TPSA) is 66.1 Å². The van der Waals surface area contributed by atoms with Gasteiger partial charge in [-0.2, -0.15) is 13.2 Å². The summed E-state index contributed by atoms with van der Waals surface area (Å²) in [6, 6.07) is 15.5. The number of carbonyl (C=O) groups is 2. The molecular formula is C25H22F3N3O3. The molecule has 0 spiro atoms. The summed E-state index contributed by atoms with van der Waals surface area (Å²) >= 11 is 0. The fraction of sp³-hybridized carbons (Fsp3) is 0.240. The Morgan fingerprint density at radius 2 is 1.68 bits per heavy atom. The molecule has 0 saturated heterocycles. The van der Waals surface area contributed by atoms with Crippen molar-refractivity contribution in [1.29, 1.82) is 0 Å². The number of hydrogen-bond acceptors (Lipinski definition) is 4. The maximum atomic E-state index is 13.4. The highest BCUT2D eigenvalue weighted by molar-refractivity contribution is 5.99. The van der Waals surface area contributed by atoms with E-state index in [0.29, 0.717) is 11.3 Å². The quantitative estimate of drug-likeness (QED) is 0.288. The van der Waals surface area contributed by atoms with Crippen molar-refractivity contribution in [2.75, 3.05) is 6.61 Å². The molecule has 0 aliphatic carbocycles. The highest BCUT2D eigenvalue weighted by atomic mass is 19.4. The van der Waals surface area contributed by atoms with Gasteiger partial charge < -0.3 is 13.9 Å². The summed E-state index contributed by atoms with van der Waals surface area (Å²) < 4.78 is 48.0. The average Bonchev–Trinajstić information content (AvgIpc) is 3.30. The number of fused-ring (bicyclic) bond motifs is 1. The number of aromatic nitrogens is 3. The fourth-order valence-corrected chi connectivity index (χ4v) is 3.99. The second-order valence-electron chi connectivity index (χ2n) is 8.05. The number of para-hydroxylation sites is 2. The number of imidazole rings is 1. The van der Waals surface area contributed by atoms with E-state index in [-0.39, 0.29) is 11.0 Å². The van der Waals surface area contributed by atoms with Crippen LogP contribution < -0.4 is 0 Å². The third-order valence-corrected chi connectivity index (χ3v) is 5.58. The number of carbonyl (C=O) groups excluding carboxylic acids is 2. The van der Waals surface area contributed by atoms with Gasteiger partial charge in [-0.25, -0.2) is 4.98 Å². The van der Waals surface area contributed by atoms with Crippen molar-refractivity contribution in [1.82, 2.24) is 14.1 Å². The smallest absolute Gasteiger partial charge is 0.449 e. The van der Waals surface area contributed by atoms with Gasteiger partial charge in [-0.1, -0.05) is 29.8 Å². The van der Waals surface area contributed by atoms with E-state index in [2.05, 4.69) is 4.98 Å². The first-order chi connectivity index (χ1) is 16.1. The van der Waals surface area contributed by atoms with E-state index in [0.717, 1.165) is 21.5 Å². The van der Waals surface area contributed by atoms with Crippen molar-refractivity contribution >= 4 is 22.8 Å². The Morgan fingerprint density at radius 1 is 1.00 bits per heavy atom. The van der Waals surface area contributed by atoms with Crippen molar-refractivity contribution in [3.8, 4) is 5.69 Å². The number of aryl methyl sites for hydroxylation is 2. The lowest BCUT2D eigenvalue weighted by Gasteiger charge is -2.11. The van der Waals surface area contributed by atoms with E-state index in [9.17, 15) is 22.8 Å². The first-order valence-corrected chi connectivity index (χ1v) is 10.5. The molecule has 0 bridgehead atoms. The van der Waals surface area contributed by atoms with Crippen LogP contribution in [0.25, 0.3) is 16.7 Å². The number of esters is 1. The van der Waals surface area contributed by atoms with Crippen LogP contribution in [0.2, 0.25) is 0 Å². The average molecular weight is 469 g/mol. The van der Waals surface area contributed by atoms with Gasteiger partial charge in [0.1, 0.15) is 6.54 Å². The van der Waals surface area contributed by atoms with Crippen LogP contribution >= 0.6 is 0 Å². The molecule has 0 N–H and O–H groups in total. The van der Waals surface area contributed by atoms with Crippen molar-refractivity contribution in [3.05, 3.63) is 82.9 Å². The molecule has 0 amide bonds. The van der Waals surface area contributed by atoms with Gasteiger partial charge in [-0.05, 0) is 51.1 Å². The normalized spacial score (nSPS) is 11.7. The first kappa shape index (κ1) is 23.3. The lowest BCUT2D eigenvalue weighted by molar-refractivity contribution is -0.150. The monoisotopic (exact) mass is 469 g/mol. The molecule has 0 aliphatic rings. The molecule has 0 aliphatic heterocycles. The molecule has 4 aromatic rings. The molecule has 2 aromatic carbocycles. The number of rotatable bonds is 6. The van der Waals surface area contributed by atoms with Gasteiger partial charge >= 0.3 is 12.1 Å². The molecular weight excluding hydrogens is 447 g/mol. The SMILES string of the molecule is Cc1ccc(-n2c(C)cc(C(=O)COC(=O)Cn3c(C(F)(F)F)nc4ccccc43)c2C)cc1. The molecule has 34 heavy (non-hydrogen) atoms. The second-order valence-corrected chi connectivity index (χ2v) is 8.05. The Bertz CT molecular complexity index is 1380. The zero-order chi connectivity index (χ0) is 24.6. The first-order valence-electron chi connectivity index (χ1n) is 10.5. The minimum absolute atomic E-state index is 0.113. The van der Waals surface area contributed by atoms with Crippen LogP contribution in [0.5, 0.6) is 0 Å². The number of halogens is 3. The number of nitrogens with zero attached hydrogens (tertiary/aromatic N) is 3. The molecule has 6 nitrogen and oxygen atoms in total. The predicted molar refractivity (Wildman–Crippen MR) is 120 cm³/mol. The Labute approximate surface area is 193 Å². The van der Waals surface area contributed by atoms with Gasteiger partial charge in [0.2, 0.25) is 11.6 Å². The van der Waals surface area contributed by atoms with Crippen LogP contribution in [0.4, 0.5) is 13.2 Å². The third-order valence-electron chi connectivity index (χ3n) is 5.58. The van der Waals surface area contributed by atoms with Crippen molar-refractivity contribution in [3.63, 3.8) is 0 Å². The summed E-state index contributed by atoms with van der Waals surface area (Å²) in [4.78, 5) is 28.8. The fourth-order valence-electron chi connectivity index (χ4n) is 3.99. The molecule has 0 saturated carbocycles. The van der Waals surface area contributed by atoms with Gasteiger partial charge in [-0.15, -0.1) is 0 Å². The minimum Gasteiger partial charge on any atom is -0.456 e. The van der Waals surface area contributed by atoms with Gasteiger partial charge in [0.25, 0.3) is 0 Å². The summed E-state index contributed by atoms with van der Waals surface area (Å²) in [6.45, 7) is 4.33. The highest BCUT2D eigenvalue weighted by Crippen LogP contribution is 2.31. The predicted octanol–water partition coefficient (Wildman–Crippen LogP) is 5.20. The molecule has 2 aromatic heterocycles. The van der Waals surface area contributed by atoms with Crippen LogP contribution in [0, 0.1) is 20.8 Å². The second kappa shape index (κ2) is 8.81. The molecule has 0 atom stereocenters. The van der Waals surface area contributed by atoms with Gasteiger partial charge in [-0.3, -0.25) is 9.59 Å². The van der Waals surface area contributed by atoms with Crippen LogP contribution in [-0.4, -0.2) is 32.5 Å². The molecule has 2 heterocycles. The van der Waals surface area contributed by atoms with E-state index < -0.39 is 36.9 Å².